The SMILES string of the molecule is C=C1/C=C(\C)[C@@H](C)C[C@H](O)CC(=O)[C@H](O)[C@@H](O)[C@H](C)C[C@H](CO)OC(=O)/C(C)=C/CCCC[C@@H]2O[C@H]2C[C@H](C)C1. The third-order valence-electron chi connectivity index (χ3n) is 8.27. The van der Waals surface area contributed by atoms with E-state index in [-0.39, 0.29) is 24.9 Å². The van der Waals surface area contributed by atoms with E-state index >= 15 is 0 Å². The average Bonchev–Trinajstić information content (AvgIpc) is 3.62. The smallest absolute Gasteiger partial charge is 0.333 e. The highest BCUT2D eigenvalue weighted by Crippen LogP contribution is 2.34. The lowest BCUT2D eigenvalue weighted by Gasteiger charge is -2.27. The monoisotopic (exact) mass is 564 g/mol. The summed E-state index contributed by atoms with van der Waals surface area (Å²) < 4.78 is 11.3. The van der Waals surface area contributed by atoms with E-state index in [2.05, 4.69) is 19.6 Å². The Morgan fingerprint density at radius 3 is 2.35 bits per heavy atom. The second-order valence-corrected chi connectivity index (χ2v) is 12.3. The number of allylic oxidation sites excluding steroid dienone is 4. The maximum atomic E-state index is 12.6. The lowest BCUT2D eigenvalue weighted by Crippen LogP contribution is -2.41. The topological polar surface area (TPSA) is 137 Å². The predicted molar refractivity (Wildman–Crippen MR) is 154 cm³/mol. The molecule has 0 saturated carbocycles. The number of carbonyl (C=O) groups is 2. The van der Waals surface area contributed by atoms with Crippen LogP contribution in [0.5, 0.6) is 0 Å². The fourth-order valence-corrected chi connectivity index (χ4v) is 5.47. The van der Waals surface area contributed by atoms with Crippen LogP contribution >= 0.6 is 0 Å². The molecule has 4 N–H and O–H groups in total. The average molecular weight is 565 g/mol. The molecule has 0 unspecified atom stereocenters. The second kappa shape index (κ2) is 16.6. The molecule has 8 nitrogen and oxygen atoms in total. The molecule has 2 aliphatic heterocycles. The number of cyclic esters (lactones) is 1. The van der Waals surface area contributed by atoms with Gasteiger partial charge in [0, 0.05) is 12.0 Å². The van der Waals surface area contributed by atoms with Crippen molar-refractivity contribution in [1.82, 2.24) is 0 Å². The minimum atomic E-state index is -1.69. The van der Waals surface area contributed by atoms with Crippen molar-refractivity contribution in [3.63, 3.8) is 0 Å². The lowest BCUT2D eigenvalue weighted by atomic mass is 9.88. The number of aliphatic hydroxyl groups excluding tert-OH is 4. The van der Waals surface area contributed by atoms with Crippen LogP contribution in [0.2, 0.25) is 0 Å². The van der Waals surface area contributed by atoms with E-state index in [9.17, 15) is 30.0 Å². The zero-order chi connectivity index (χ0) is 30.0. The number of Topliss-reactive ketones (excluding diaryl/α,β-unsaturated/α-hetero) is 1. The number of fused-ring (bicyclic) bond motifs is 1. The Hall–Kier alpha value is -1.84. The van der Waals surface area contributed by atoms with Crippen molar-refractivity contribution < 1.29 is 39.5 Å². The zero-order valence-corrected chi connectivity index (χ0v) is 25.1. The third-order valence-corrected chi connectivity index (χ3v) is 8.27. The molecule has 2 aliphatic rings. The molecule has 0 aromatic carbocycles. The highest BCUT2D eigenvalue weighted by molar-refractivity contribution is 5.87. The first-order chi connectivity index (χ1) is 18.8. The molecule has 0 spiro atoms. The Labute approximate surface area is 240 Å². The Morgan fingerprint density at radius 1 is 0.975 bits per heavy atom. The Morgan fingerprint density at radius 2 is 1.68 bits per heavy atom. The second-order valence-electron chi connectivity index (χ2n) is 12.3. The van der Waals surface area contributed by atoms with Crippen molar-refractivity contribution in [1.29, 1.82) is 0 Å². The summed E-state index contributed by atoms with van der Waals surface area (Å²) in [4.78, 5) is 25.2. The van der Waals surface area contributed by atoms with E-state index in [0.717, 1.165) is 49.7 Å². The summed E-state index contributed by atoms with van der Waals surface area (Å²) in [5.74, 6) is -1.41. The van der Waals surface area contributed by atoms with Gasteiger partial charge in [-0.25, -0.2) is 4.79 Å². The molecule has 40 heavy (non-hydrogen) atoms. The van der Waals surface area contributed by atoms with Crippen LogP contribution in [-0.4, -0.2) is 75.4 Å². The number of ketones is 1. The van der Waals surface area contributed by atoms with Gasteiger partial charge >= 0.3 is 5.97 Å². The van der Waals surface area contributed by atoms with Crippen molar-refractivity contribution in [2.45, 2.75) is 129 Å². The molecule has 0 aromatic rings. The Balaban J connectivity index is 2.10. The van der Waals surface area contributed by atoms with E-state index < -0.39 is 48.7 Å². The van der Waals surface area contributed by atoms with Crippen molar-refractivity contribution in [2.24, 2.45) is 17.8 Å². The fourth-order valence-electron chi connectivity index (χ4n) is 5.47. The quantitative estimate of drug-likeness (QED) is 0.275. The number of aliphatic hydroxyl groups is 4. The van der Waals surface area contributed by atoms with Crippen LogP contribution in [0.1, 0.15) is 92.4 Å². The molecule has 1 fully saturated rings. The summed E-state index contributed by atoms with van der Waals surface area (Å²) in [6.45, 7) is 13.2. The maximum Gasteiger partial charge on any atom is 0.333 e. The van der Waals surface area contributed by atoms with Gasteiger partial charge in [-0.15, -0.1) is 0 Å². The van der Waals surface area contributed by atoms with Gasteiger partial charge in [-0.3, -0.25) is 4.79 Å². The Bertz CT molecular complexity index is 909. The molecule has 1 saturated heterocycles. The highest BCUT2D eigenvalue weighted by atomic mass is 16.6. The summed E-state index contributed by atoms with van der Waals surface area (Å²) in [6.07, 6.45) is 5.12. The molecule has 0 amide bonds. The van der Waals surface area contributed by atoms with Crippen LogP contribution in [0.4, 0.5) is 0 Å². The largest absolute Gasteiger partial charge is 0.457 e. The van der Waals surface area contributed by atoms with E-state index in [1.54, 1.807) is 13.8 Å². The number of carbonyl (C=O) groups excluding carboxylic acids is 2. The molecule has 9 atom stereocenters. The van der Waals surface area contributed by atoms with Crippen LogP contribution < -0.4 is 0 Å². The summed E-state index contributed by atoms with van der Waals surface area (Å²) in [5, 5.41) is 41.4. The zero-order valence-electron chi connectivity index (χ0n) is 25.1. The maximum absolute atomic E-state index is 12.6. The number of hydrogen-bond donors (Lipinski definition) is 4. The summed E-state index contributed by atoms with van der Waals surface area (Å²) >= 11 is 0. The number of epoxide rings is 1. The fraction of sp³-hybridized carbons (Fsp3) is 0.750. The lowest BCUT2D eigenvalue weighted by molar-refractivity contribution is -0.149. The number of rotatable bonds is 1. The van der Waals surface area contributed by atoms with Crippen LogP contribution in [0, 0.1) is 17.8 Å². The van der Waals surface area contributed by atoms with E-state index in [4.69, 9.17) is 9.47 Å². The van der Waals surface area contributed by atoms with Crippen LogP contribution in [0.3, 0.4) is 0 Å². The van der Waals surface area contributed by atoms with Gasteiger partial charge < -0.3 is 29.9 Å². The standard InChI is InChI=1S/C32H52O8/c1-19-12-20(2)14-29-28(40-29)11-9-7-8-10-21(3)32(38)39-26(18-33)16-24(6)30(36)31(37)27(35)17-25(34)15-23(5)22(4)13-19/h10,13,20,23-26,28-31,33-34,36-37H,1,7-9,11-12,14-18H2,2-6H3/b21-10+,22-13+/t20-,23+,24-,25+,26-,28+,29+,30+,31+/m1/s1. The molecule has 228 valence electrons. The minimum absolute atomic E-state index is 0.00283. The van der Waals surface area contributed by atoms with Crippen molar-refractivity contribution >= 4 is 11.8 Å². The van der Waals surface area contributed by atoms with Gasteiger partial charge in [0.15, 0.2) is 5.78 Å². The molecule has 0 bridgehead atoms. The summed E-state index contributed by atoms with van der Waals surface area (Å²) in [5.41, 5.74) is 2.54. The summed E-state index contributed by atoms with van der Waals surface area (Å²) in [6, 6.07) is 0. The van der Waals surface area contributed by atoms with E-state index in [1.165, 1.54) is 0 Å². The highest BCUT2D eigenvalue weighted by Gasteiger charge is 2.38. The molecule has 8 heteroatoms. The molecule has 0 radical (unpaired) electrons. The first kappa shape index (κ1) is 34.4. The van der Waals surface area contributed by atoms with Gasteiger partial charge in [-0.2, -0.15) is 0 Å². The Kier molecular flexibility index (Phi) is 14.2. The van der Waals surface area contributed by atoms with E-state index in [0.29, 0.717) is 24.0 Å². The number of ether oxygens (including phenoxy) is 2. The van der Waals surface area contributed by atoms with Crippen LogP contribution in [0.25, 0.3) is 0 Å². The van der Waals surface area contributed by atoms with Crippen LogP contribution in [0.15, 0.2) is 35.5 Å². The van der Waals surface area contributed by atoms with Gasteiger partial charge in [0.25, 0.3) is 0 Å². The van der Waals surface area contributed by atoms with Gasteiger partial charge in [-0.1, -0.05) is 57.1 Å². The first-order valence-electron chi connectivity index (χ1n) is 14.9. The summed E-state index contributed by atoms with van der Waals surface area (Å²) in [7, 11) is 0. The first-order valence-corrected chi connectivity index (χ1v) is 14.9. The predicted octanol–water partition coefficient (Wildman–Crippen LogP) is 4.19. The van der Waals surface area contributed by atoms with Crippen molar-refractivity contribution in [3.8, 4) is 0 Å². The molecule has 0 aromatic heterocycles. The van der Waals surface area contributed by atoms with Gasteiger partial charge in [-0.05, 0) is 76.5 Å². The van der Waals surface area contributed by atoms with Gasteiger partial charge in [0.05, 0.1) is 31.0 Å². The van der Waals surface area contributed by atoms with Crippen LogP contribution in [-0.2, 0) is 19.1 Å². The molecular formula is C32H52O8. The van der Waals surface area contributed by atoms with Gasteiger partial charge in [0.2, 0.25) is 0 Å². The van der Waals surface area contributed by atoms with Crippen molar-refractivity contribution in [3.05, 3.63) is 35.5 Å². The molecule has 0 aliphatic carbocycles. The molecule has 2 heterocycles. The third kappa shape index (κ3) is 11.6. The molecule has 2 rings (SSSR count). The van der Waals surface area contributed by atoms with Gasteiger partial charge in [0.1, 0.15) is 12.2 Å². The number of esters is 1. The normalized spacial score (nSPS) is 39.7. The molecular weight excluding hydrogens is 512 g/mol. The number of hydrogen-bond acceptors (Lipinski definition) is 8. The van der Waals surface area contributed by atoms with Crippen molar-refractivity contribution in [2.75, 3.05) is 6.61 Å². The minimum Gasteiger partial charge on any atom is -0.457 e. The van der Waals surface area contributed by atoms with E-state index in [1.807, 2.05) is 19.9 Å².